The van der Waals surface area contributed by atoms with Crippen molar-refractivity contribution in [3.05, 3.63) is 34.3 Å². The number of hydrazine groups is 1. The molecule has 0 bridgehead atoms. The highest BCUT2D eigenvalue weighted by molar-refractivity contribution is 9.10. The van der Waals surface area contributed by atoms with E-state index in [1.54, 1.807) is 0 Å². The van der Waals surface area contributed by atoms with Gasteiger partial charge in [0.25, 0.3) is 0 Å². The third kappa shape index (κ3) is 3.47. The summed E-state index contributed by atoms with van der Waals surface area (Å²) in [4.78, 5) is 14.9. The van der Waals surface area contributed by atoms with Gasteiger partial charge in [-0.2, -0.15) is 0 Å². The van der Waals surface area contributed by atoms with Crippen molar-refractivity contribution in [3.8, 4) is 0 Å². The molecule has 2 unspecified atom stereocenters. The molecule has 2 aliphatic rings. The summed E-state index contributed by atoms with van der Waals surface area (Å²) in [6.45, 7) is 2.54. The predicted octanol–water partition coefficient (Wildman–Crippen LogP) is 2.62. The molecule has 0 aromatic heterocycles. The molecule has 4 nitrogen and oxygen atoms in total. The summed E-state index contributed by atoms with van der Waals surface area (Å²) in [5.41, 5.74) is 7.59. The van der Waals surface area contributed by atoms with E-state index in [1.807, 2.05) is 12.1 Å². The van der Waals surface area contributed by atoms with Crippen LogP contribution in [0.25, 0.3) is 0 Å². The van der Waals surface area contributed by atoms with Crippen LogP contribution < -0.4 is 10.9 Å². The number of carbonyl (C=O) groups is 1. The molecule has 2 saturated heterocycles. The van der Waals surface area contributed by atoms with Gasteiger partial charge < -0.3 is 4.90 Å². The lowest BCUT2D eigenvalue weighted by Gasteiger charge is -2.26. The fraction of sp³-hybridized carbons (Fsp3) is 0.562. The van der Waals surface area contributed by atoms with E-state index in [0.717, 1.165) is 36.0 Å². The predicted molar refractivity (Wildman–Crippen MR) is 86.6 cm³/mol. The molecule has 2 N–H and O–H groups in total. The van der Waals surface area contributed by atoms with Crippen molar-refractivity contribution >= 4 is 21.8 Å². The van der Waals surface area contributed by atoms with Gasteiger partial charge in [-0.05, 0) is 30.5 Å². The van der Waals surface area contributed by atoms with Crippen LogP contribution in [-0.4, -0.2) is 30.4 Å². The molecule has 5 heteroatoms. The molecule has 1 aromatic carbocycles. The van der Waals surface area contributed by atoms with E-state index < -0.39 is 0 Å². The number of rotatable bonds is 2. The third-order valence-corrected chi connectivity index (χ3v) is 4.92. The standard InChI is InChI=1S/C16H22BrN3O/c17-13-7-5-6-12(10-13)15-14(11-18-19-15)16(21)20-8-3-1-2-4-9-20/h5-7,10,14-15,18-19H,1-4,8-9,11H2. The Balaban J connectivity index is 1.75. The van der Waals surface area contributed by atoms with E-state index >= 15 is 0 Å². The SMILES string of the molecule is O=C(C1CNNC1c1cccc(Br)c1)N1CCCCCC1. The fourth-order valence-corrected chi connectivity index (χ4v) is 3.69. The molecule has 2 aliphatic heterocycles. The van der Waals surface area contributed by atoms with Crippen LogP contribution >= 0.6 is 15.9 Å². The fourth-order valence-electron chi connectivity index (χ4n) is 3.27. The van der Waals surface area contributed by atoms with E-state index in [0.29, 0.717) is 12.5 Å². The van der Waals surface area contributed by atoms with Crippen molar-refractivity contribution in [2.75, 3.05) is 19.6 Å². The summed E-state index contributed by atoms with van der Waals surface area (Å²) in [5.74, 6) is 0.275. The van der Waals surface area contributed by atoms with Gasteiger partial charge in [-0.1, -0.05) is 40.9 Å². The molecule has 2 atom stereocenters. The molecule has 1 aromatic rings. The van der Waals surface area contributed by atoms with Crippen molar-refractivity contribution < 1.29 is 4.79 Å². The van der Waals surface area contributed by atoms with Gasteiger partial charge in [0.15, 0.2) is 0 Å². The van der Waals surface area contributed by atoms with Gasteiger partial charge in [-0.15, -0.1) is 0 Å². The maximum Gasteiger partial charge on any atom is 0.229 e. The second kappa shape index (κ2) is 6.90. The van der Waals surface area contributed by atoms with Gasteiger partial charge in [-0.3, -0.25) is 10.2 Å². The Kier molecular flexibility index (Phi) is 4.93. The number of halogens is 1. The normalized spacial score (nSPS) is 26.6. The molecule has 0 spiro atoms. The summed E-state index contributed by atoms with van der Waals surface area (Å²) >= 11 is 3.51. The molecule has 1 amide bonds. The van der Waals surface area contributed by atoms with E-state index in [-0.39, 0.29) is 12.0 Å². The van der Waals surface area contributed by atoms with Crippen LogP contribution in [0.3, 0.4) is 0 Å². The van der Waals surface area contributed by atoms with Crippen LogP contribution in [-0.2, 0) is 4.79 Å². The van der Waals surface area contributed by atoms with Crippen LogP contribution in [0, 0.1) is 5.92 Å². The quantitative estimate of drug-likeness (QED) is 0.860. The van der Waals surface area contributed by atoms with E-state index in [9.17, 15) is 4.79 Å². The van der Waals surface area contributed by atoms with Gasteiger partial charge >= 0.3 is 0 Å². The maximum absolute atomic E-state index is 12.9. The van der Waals surface area contributed by atoms with Gasteiger partial charge in [0.2, 0.25) is 5.91 Å². The Labute approximate surface area is 134 Å². The van der Waals surface area contributed by atoms with E-state index in [1.165, 1.54) is 12.8 Å². The zero-order valence-corrected chi connectivity index (χ0v) is 13.7. The molecule has 0 saturated carbocycles. The smallest absolute Gasteiger partial charge is 0.229 e. The minimum atomic E-state index is -0.0163. The Morgan fingerprint density at radius 3 is 2.67 bits per heavy atom. The number of likely N-dealkylation sites (tertiary alicyclic amines) is 1. The molecule has 114 valence electrons. The first kappa shape index (κ1) is 15.0. The zero-order chi connectivity index (χ0) is 14.7. The summed E-state index contributed by atoms with van der Waals surface area (Å²) in [5, 5.41) is 0. The highest BCUT2D eigenvalue weighted by atomic mass is 79.9. The summed E-state index contributed by atoms with van der Waals surface area (Å²) < 4.78 is 1.05. The number of hydrogen-bond acceptors (Lipinski definition) is 3. The molecule has 21 heavy (non-hydrogen) atoms. The Morgan fingerprint density at radius 1 is 1.19 bits per heavy atom. The van der Waals surface area contributed by atoms with Crippen molar-refractivity contribution in [1.82, 2.24) is 15.8 Å². The van der Waals surface area contributed by atoms with Gasteiger partial charge in [0, 0.05) is 24.1 Å². The van der Waals surface area contributed by atoms with Crippen LogP contribution in [0.2, 0.25) is 0 Å². The Morgan fingerprint density at radius 2 is 1.95 bits per heavy atom. The van der Waals surface area contributed by atoms with Gasteiger partial charge in [0.1, 0.15) is 0 Å². The average molecular weight is 352 g/mol. The minimum Gasteiger partial charge on any atom is -0.342 e. The summed E-state index contributed by atoms with van der Waals surface area (Å²) in [6, 6.07) is 8.26. The monoisotopic (exact) mass is 351 g/mol. The number of benzene rings is 1. The zero-order valence-electron chi connectivity index (χ0n) is 12.1. The topological polar surface area (TPSA) is 44.4 Å². The average Bonchev–Trinajstić information content (AvgIpc) is 2.82. The van der Waals surface area contributed by atoms with Crippen molar-refractivity contribution in [1.29, 1.82) is 0 Å². The molecule has 2 heterocycles. The minimum absolute atomic E-state index is 0.0163. The lowest BCUT2D eigenvalue weighted by atomic mass is 9.93. The lowest BCUT2D eigenvalue weighted by Crippen LogP contribution is -2.39. The number of nitrogens with one attached hydrogen (secondary N) is 2. The third-order valence-electron chi connectivity index (χ3n) is 4.42. The number of nitrogens with zero attached hydrogens (tertiary/aromatic N) is 1. The molecular formula is C16H22BrN3O. The summed E-state index contributed by atoms with van der Waals surface area (Å²) in [6.07, 6.45) is 4.78. The summed E-state index contributed by atoms with van der Waals surface area (Å²) in [7, 11) is 0. The first-order valence-electron chi connectivity index (χ1n) is 7.78. The lowest BCUT2D eigenvalue weighted by molar-refractivity contribution is -0.135. The number of carbonyl (C=O) groups excluding carboxylic acids is 1. The first-order valence-corrected chi connectivity index (χ1v) is 8.57. The molecule has 0 radical (unpaired) electrons. The number of hydrogen-bond donors (Lipinski definition) is 2. The van der Waals surface area contributed by atoms with Gasteiger partial charge in [-0.25, -0.2) is 5.43 Å². The second-order valence-electron chi connectivity index (χ2n) is 5.90. The van der Waals surface area contributed by atoms with Crippen LogP contribution in [0.15, 0.2) is 28.7 Å². The van der Waals surface area contributed by atoms with Crippen molar-refractivity contribution in [3.63, 3.8) is 0 Å². The first-order chi connectivity index (χ1) is 10.3. The van der Waals surface area contributed by atoms with Crippen LogP contribution in [0.5, 0.6) is 0 Å². The maximum atomic E-state index is 12.9. The van der Waals surface area contributed by atoms with Crippen molar-refractivity contribution in [2.45, 2.75) is 31.7 Å². The van der Waals surface area contributed by atoms with Gasteiger partial charge in [0.05, 0.1) is 12.0 Å². The number of amides is 1. The molecule has 3 rings (SSSR count). The second-order valence-corrected chi connectivity index (χ2v) is 6.82. The largest absolute Gasteiger partial charge is 0.342 e. The highest BCUT2D eigenvalue weighted by Gasteiger charge is 2.36. The van der Waals surface area contributed by atoms with Crippen LogP contribution in [0.1, 0.15) is 37.3 Å². The Hall–Kier alpha value is -0.910. The van der Waals surface area contributed by atoms with Crippen molar-refractivity contribution in [2.24, 2.45) is 5.92 Å². The van der Waals surface area contributed by atoms with Crippen LogP contribution in [0.4, 0.5) is 0 Å². The van der Waals surface area contributed by atoms with E-state index in [4.69, 9.17) is 0 Å². The molecule has 0 aliphatic carbocycles. The Bertz CT molecular complexity index is 500. The highest BCUT2D eigenvalue weighted by Crippen LogP contribution is 2.29. The molecule has 2 fully saturated rings. The molecular weight excluding hydrogens is 330 g/mol. The van der Waals surface area contributed by atoms with E-state index in [2.05, 4.69) is 43.8 Å².